The number of nitrogens with zero attached hydrogens (tertiary/aromatic N) is 3. The summed E-state index contributed by atoms with van der Waals surface area (Å²) in [6, 6.07) is 2.16. The number of imidazole rings is 1. The van der Waals surface area contributed by atoms with Crippen LogP contribution in [0.15, 0.2) is 18.5 Å². The fraction of sp³-hybridized carbons (Fsp3) is 0.462. The first kappa shape index (κ1) is 12.1. The second-order valence-electron chi connectivity index (χ2n) is 5.08. The summed E-state index contributed by atoms with van der Waals surface area (Å²) in [5.41, 5.74) is 7.11. The first-order valence-corrected chi connectivity index (χ1v) is 6.51. The van der Waals surface area contributed by atoms with E-state index >= 15 is 0 Å². The summed E-state index contributed by atoms with van der Waals surface area (Å²) in [6.07, 6.45) is 6.23. The minimum Gasteiger partial charge on any atom is -0.348 e. The van der Waals surface area contributed by atoms with Gasteiger partial charge in [0.15, 0.2) is 0 Å². The fourth-order valence-electron chi connectivity index (χ4n) is 2.67. The standard InChI is InChI=1S/C13H17N5O/c1-8-11(18-6-2-5-15-13(18)16-8)12(19)17-10-4-3-9(14)7-10/h2,5-6,9-10H,3-4,7,14H2,1H3,(H,17,19)/t9-,10-/m1/s1. The van der Waals surface area contributed by atoms with E-state index in [1.54, 1.807) is 22.9 Å². The largest absolute Gasteiger partial charge is 0.348 e. The molecule has 6 heteroatoms. The van der Waals surface area contributed by atoms with Crippen LogP contribution < -0.4 is 11.1 Å². The van der Waals surface area contributed by atoms with Gasteiger partial charge in [0, 0.05) is 24.5 Å². The van der Waals surface area contributed by atoms with Gasteiger partial charge in [-0.2, -0.15) is 0 Å². The summed E-state index contributed by atoms with van der Waals surface area (Å²) in [6.45, 7) is 1.82. The average molecular weight is 259 g/mol. The second kappa shape index (κ2) is 4.62. The van der Waals surface area contributed by atoms with E-state index in [0.717, 1.165) is 19.3 Å². The maximum Gasteiger partial charge on any atom is 0.270 e. The van der Waals surface area contributed by atoms with E-state index in [0.29, 0.717) is 17.2 Å². The molecular formula is C13H17N5O. The highest BCUT2D eigenvalue weighted by Gasteiger charge is 2.25. The van der Waals surface area contributed by atoms with E-state index in [1.165, 1.54) is 0 Å². The average Bonchev–Trinajstić information content (AvgIpc) is 2.91. The van der Waals surface area contributed by atoms with E-state index in [9.17, 15) is 4.79 Å². The summed E-state index contributed by atoms with van der Waals surface area (Å²) in [5, 5.41) is 3.04. The molecule has 0 bridgehead atoms. The molecule has 1 aliphatic rings. The van der Waals surface area contributed by atoms with E-state index in [1.807, 2.05) is 6.92 Å². The molecule has 3 rings (SSSR count). The normalized spacial score (nSPS) is 22.8. The maximum absolute atomic E-state index is 12.4. The third-order valence-electron chi connectivity index (χ3n) is 3.60. The molecule has 0 radical (unpaired) electrons. The maximum atomic E-state index is 12.4. The minimum atomic E-state index is -0.0999. The Bertz CT molecular complexity index is 621. The molecule has 2 heterocycles. The highest BCUT2D eigenvalue weighted by molar-refractivity contribution is 5.94. The van der Waals surface area contributed by atoms with Crippen molar-refractivity contribution in [3.8, 4) is 0 Å². The van der Waals surface area contributed by atoms with Crippen LogP contribution in [0.2, 0.25) is 0 Å². The fourth-order valence-corrected chi connectivity index (χ4v) is 2.67. The van der Waals surface area contributed by atoms with Crippen molar-refractivity contribution < 1.29 is 4.79 Å². The van der Waals surface area contributed by atoms with Gasteiger partial charge in [0.2, 0.25) is 5.78 Å². The zero-order valence-corrected chi connectivity index (χ0v) is 10.8. The van der Waals surface area contributed by atoms with Gasteiger partial charge in [-0.25, -0.2) is 9.97 Å². The number of carbonyl (C=O) groups is 1. The number of aryl methyl sites for hydroxylation is 1. The van der Waals surface area contributed by atoms with Gasteiger partial charge in [0.25, 0.3) is 5.91 Å². The van der Waals surface area contributed by atoms with Crippen molar-refractivity contribution in [1.29, 1.82) is 0 Å². The summed E-state index contributed by atoms with van der Waals surface area (Å²) in [4.78, 5) is 20.8. The number of carbonyl (C=O) groups excluding carboxylic acids is 1. The number of rotatable bonds is 2. The Kier molecular flexibility index (Phi) is 2.94. The van der Waals surface area contributed by atoms with Crippen LogP contribution in [0.3, 0.4) is 0 Å². The van der Waals surface area contributed by atoms with Gasteiger partial charge in [-0.15, -0.1) is 0 Å². The van der Waals surface area contributed by atoms with Gasteiger partial charge >= 0.3 is 0 Å². The van der Waals surface area contributed by atoms with Crippen molar-refractivity contribution >= 4 is 11.7 Å². The first-order chi connectivity index (χ1) is 9.15. The molecule has 6 nitrogen and oxygen atoms in total. The molecule has 0 spiro atoms. The Balaban J connectivity index is 1.87. The van der Waals surface area contributed by atoms with Crippen LogP contribution in [0.5, 0.6) is 0 Å². The predicted octanol–water partition coefficient (Wildman–Crippen LogP) is 0.647. The molecule has 0 unspecified atom stereocenters. The molecule has 100 valence electrons. The Morgan fingerprint density at radius 3 is 3.11 bits per heavy atom. The molecule has 2 aromatic rings. The Labute approximate surface area is 111 Å². The van der Waals surface area contributed by atoms with Crippen LogP contribution in [0.4, 0.5) is 0 Å². The smallest absolute Gasteiger partial charge is 0.270 e. The molecule has 1 fully saturated rings. The van der Waals surface area contributed by atoms with Crippen LogP contribution >= 0.6 is 0 Å². The lowest BCUT2D eigenvalue weighted by Crippen LogP contribution is -2.35. The van der Waals surface area contributed by atoms with Crippen molar-refractivity contribution in [2.75, 3.05) is 0 Å². The lowest BCUT2D eigenvalue weighted by atomic mass is 10.2. The van der Waals surface area contributed by atoms with Gasteiger partial charge in [0.1, 0.15) is 5.69 Å². The molecule has 0 aromatic carbocycles. The second-order valence-corrected chi connectivity index (χ2v) is 5.08. The molecule has 1 amide bonds. The molecule has 19 heavy (non-hydrogen) atoms. The number of hydrogen-bond donors (Lipinski definition) is 2. The van der Waals surface area contributed by atoms with E-state index in [-0.39, 0.29) is 18.0 Å². The number of fused-ring (bicyclic) bond motifs is 1. The quantitative estimate of drug-likeness (QED) is 0.829. The van der Waals surface area contributed by atoms with Crippen LogP contribution in [0, 0.1) is 6.92 Å². The Morgan fingerprint density at radius 1 is 1.53 bits per heavy atom. The van der Waals surface area contributed by atoms with Crippen molar-refractivity contribution in [2.24, 2.45) is 5.73 Å². The van der Waals surface area contributed by atoms with Gasteiger partial charge in [-0.05, 0) is 32.3 Å². The third-order valence-corrected chi connectivity index (χ3v) is 3.60. The SMILES string of the molecule is Cc1nc2ncccn2c1C(=O)N[C@@H]1CC[C@@H](N)C1. The minimum absolute atomic E-state index is 0.0999. The molecule has 0 aliphatic heterocycles. The highest BCUT2D eigenvalue weighted by Crippen LogP contribution is 2.18. The van der Waals surface area contributed by atoms with Crippen molar-refractivity contribution in [2.45, 2.75) is 38.3 Å². The molecule has 0 saturated heterocycles. The van der Waals surface area contributed by atoms with E-state index in [4.69, 9.17) is 5.73 Å². The number of nitrogens with two attached hydrogens (primary N) is 1. The number of aromatic nitrogens is 3. The van der Waals surface area contributed by atoms with E-state index < -0.39 is 0 Å². The number of hydrogen-bond acceptors (Lipinski definition) is 4. The third kappa shape index (κ3) is 2.19. The van der Waals surface area contributed by atoms with Crippen LogP contribution in [0.25, 0.3) is 5.78 Å². The summed E-state index contributed by atoms with van der Waals surface area (Å²) in [7, 11) is 0. The topological polar surface area (TPSA) is 85.3 Å². The molecule has 1 saturated carbocycles. The van der Waals surface area contributed by atoms with E-state index in [2.05, 4.69) is 15.3 Å². The van der Waals surface area contributed by atoms with Crippen molar-refractivity contribution in [1.82, 2.24) is 19.7 Å². The zero-order chi connectivity index (χ0) is 13.4. The van der Waals surface area contributed by atoms with Gasteiger partial charge < -0.3 is 11.1 Å². The summed E-state index contributed by atoms with van der Waals surface area (Å²) in [5.74, 6) is 0.449. The predicted molar refractivity (Wildman–Crippen MR) is 70.8 cm³/mol. The first-order valence-electron chi connectivity index (χ1n) is 6.51. The Hall–Kier alpha value is -1.95. The molecule has 1 aliphatic carbocycles. The zero-order valence-electron chi connectivity index (χ0n) is 10.8. The van der Waals surface area contributed by atoms with Crippen LogP contribution in [0.1, 0.15) is 35.4 Å². The van der Waals surface area contributed by atoms with Gasteiger partial charge in [-0.1, -0.05) is 0 Å². The van der Waals surface area contributed by atoms with Gasteiger partial charge in [-0.3, -0.25) is 9.20 Å². The van der Waals surface area contributed by atoms with Gasteiger partial charge in [0.05, 0.1) is 5.69 Å². The highest BCUT2D eigenvalue weighted by atomic mass is 16.2. The summed E-state index contributed by atoms with van der Waals surface area (Å²) < 4.78 is 1.72. The lowest BCUT2D eigenvalue weighted by molar-refractivity contribution is 0.0931. The van der Waals surface area contributed by atoms with Crippen molar-refractivity contribution in [3.05, 3.63) is 29.8 Å². The monoisotopic (exact) mass is 259 g/mol. The molecular weight excluding hydrogens is 242 g/mol. The molecule has 2 atom stereocenters. The lowest BCUT2D eigenvalue weighted by Gasteiger charge is -2.12. The number of amides is 1. The molecule has 3 N–H and O–H groups in total. The number of nitrogens with one attached hydrogen (secondary N) is 1. The van der Waals surface area contributed by atoms with Crippen LogP contribution in [-0.4, -0.2) is 32.4 Å². The molecule has 2 aromatic heterocycles. The summed E-state index contributed by atoms with van der Waals surface area (Å²) >= 11 is 0. The Morgan fingerprint density at radius 2 is 2.37 bits per heavy atom. The van der Waals surface area contributed by atoms with Crippen LogP contribution in [-0.2, 0) is 0 Å². The van der Waals surface area contributed by atoms with Crippen molar-refractivity contribution in [3.63, 3.8) is 0 Å².